The van der Waals surface area contributed by atoms with Gasteiger partial charge in [0.15, 0.2) is 5.82 Å². The van der Waals surface area contributed by atoms with Crippen LogP contribution in [-0.4, -0.2) is 36.3 Å². The van der Waals surface area contributed by atoms with Crippen molar-refractivity contribution in [1.29, 1.82) is 5.26 Å². The van der Waals surface area contributed by atoms with Gasteiger partial charge in [0.2, 0.25) is 0 Å². The van der Waals surface area contributed by atoms with Gasteiger partial charge < -0.3 is 20.5 Å². The highest BCUT2D eigenvalue weighted by atomic mass is 16.6. The molecule has 0 bridgehead atoms. The Bertz CT molecular complexity index is 1210. The molecule has 0 aliphatic heterocycles. The molecule has 3 aromatic rings. The van der Waals surface area contributed by atoms with E-state index in [-0.39, 0.29) is 17.2 Å². The number of rotatable bonds is 12. The molecule has 0 radical (unpaired) electrons. The number of azo groups is 1. The van der Waals surface area contributed by atoms with Crippen molar-refractivity contribution in [3.05, 3.63) is 75.8 Å². The average molecular weight is 476 g/mol. The van der Waals surface area contributed by atoms with Crippen LogP contribution in [0.25, 0.3) is 0 Å². The lowest BCUT2D eigenvalue weighted by Crippen LogP contribution is -2.12. The summed E-state index contributed by atoms with van der Waals surface area (Å²) in [4.78, 5) is 14.5. The van der Waals surface area contributed by atoms with Gasteiger partial charge in [-0.1, -0.05) is 18.2 Å². The van der Waals surface area contributed by atoms with E-state index in [1.807, 2.05) is 30.3 Å². The Morgan fingerprint density at radius 1 is 1.11 bits per heavy atom. The number of non-ortho nitro benzene ring substituents is 1. The molecule has 1 heterocycles. The lowest BCUT2D eigenvalue weighted by atomic mass is 10.1. The van der Waals surface area contributed by atoms with Crippen LogP contribution in [0.5, 0.6) is 5.75 Å². The van der Waals surface area contributed by atoms with E-state index in [4.69, 9.17) is 15.2 Å². The number of nitro groups is 1. The summed E-state index contributed by atoms with van der Waals surface area (Å²) >= 11 is 0. The van der Waals surface area contributed by atoms with Gasteiger partial charge in [0, 0.05) is 30.8 Å². The third-order valence-corrected chi connectivity index (χ3v) is 4.88. The number of nitrogen functional groups attached to an aromatic ring is 1. The summed E-state index contributed by atoms with van der Waals surface area (Å²) in [7, 11) is 0. The molecule has 180 valence electrons. The zero-order valence-electron chi connectivity index (χ0n) is 19.2. The largest absolute Gasteiger partial charge is 0.491 e. The molecular formula is C24H25N7O4. The Morgan fingerprint density at radius 3 is 2.54 bits per heavy atom. The van der Waals surface area contributed by atoms with Crippen LogP contribution in [0.2, 0.25) is 0 Å². The molecule has 0 saturated heterocycles. The number of anilines is 2. The van der Waals surface area contributed by atoms with Crippen molar-refractivity contribution in [2.45, 2.75) is 13.3 Å². The molecule has 3 N–H and O–H groups in total. The van der Waals surface area contributed by atoms with Crippen LogP contribution in [0.4, 0.5) is 28.7 Å². The van der Waals surface area contributed by atoms with Crippen molar-refractivity contribution in [1.82, 2.24) is 4.98 Å². The zero-order chi connectivity index (χ0) is 25.0. The Labute approximate surface area is 202 Å². The minimum Gasteiger partial charge on any atom is -0.491 e. The van der Waals surface area contributed by atoms with Crippen LogP contribution in [0, 0.1) is 28.4 Å². The van der Waals surface area contributed by atoms with Crippen molar-refractivity contribution >= 4 is 28.7 Å². The molecule has 11 heteroatoms. The second-order valence-electron chi connectivity index (χ2n) is 7.33. The molecule has 3 rings (SSSR count). The molecule has 0 spiro atoms. The summed E-state index contributed by atoms with van der Waals surface area (Å²) in [5.41, 5.74) is 7.54. The summed E-state index contributed by atoms with van der Waals surface area (Å²) in [6, 6.07) is 17.3. The maximum Gasteiger partial charge on any atom is 0.269 e. The summed E-state index contributed by atoms with van der Waals surface area (Å²) in [5, 5.41) is 31.7. The second-order valence-corrected chi connectivity index (χ2v) is 7.33. The minimum absolute atomic E-state index is 0.0468. The highest BCUT2D eigenvalue weighted by Gasteiger charge is 2.15. The van der Waals surface area contributed by atoms with Gasteiger partial charge in [-0.05, 0) is 37.6 Å². The number of nitriles is 1. The third-order valence-electron chi connectivity index (χ3n) is 4.88. The maximum absolute atomic E-state index is 10.8. The molecule has 0 aliphatic rings. The van der Waals surface area contributed by atoms with E-state index >= 15 is 0 Å². The minimum atomic E-state index is -0.496. The number of nitro benzene ring substituents is 1. The Balaban J connectivity index is 1.51. The van der Waals surface area contributed by atoms with Crippen LogP contribution in [0.3, 0.4) is 0 Å². The number of nitrogens with two attached hydrogens (primary N) is 1. The smallest absolute Gasteiger partial charge is 0.269 e. The van der Waals surface area contributed by atoms with E-state index in [1.165, 1.54) is 24.3 Å². The quantitative estimate of drug-likeness (QED) is 0.159. The van der Waals surface area contributed by atoms with Crippen molar-refractivity contribution in [2.75, 3.05) is 37.4 Å². The van der Waals surface area contributed by atoms with E-state index in [1.54, 1.807) is 6.92 Å². The number of para-hydroxylation sites is 1. The van der Waals surface area contributed by atoms with Crippen LogP contribution >= 0.6 is 0 Å². The number of ether oxygens (including phenoxy) is 2. The molecule has 1 aromatic heterocycles. The topological polar surface area (TPSA) is 161 Å². The summed E-state index contributed by atoms with van der Waals surface area (Å²) in [6.45, 7) is 3.69. The zero-order valence-corrected chi connectivity index (χ0v) is 19.2. The summed E-state index contributed by atoms with van der Waals surface area (Å²) < 4.78 is 11.1. The van der Waals surface area contributed by atoms with Gasteiger partial charge in [-0.25, -0.2) is 4.98 Å². The highest BCUT2D eigenvalue weighted by molar-refractivity contribution is 5.72. The molecule has 35 heavy (non-hydrogen) atoms. The van der Waals surface area contributed by atoms with Gasteiger partial charge in [-0.2, -0.15) is 10.4 Å². The number of nitrogens with zero attached hydrogens (tertiary/aromatic N) is 5. The fourth-order valence-corrected chi connectivity index (χ4v) is 3.08. The molecule has 2 aromatic carbocycles. The second kappa shape index (κ2) is 12.6. The van der Waals surface area contributed by atoms with Crippen LogP contribution in [0.15, 0.2) is 64.8 Å². The van der Waals surface area contributed by atoms with Gasteiger partial charge >= 0.3 is 0 Å². The fourth-order valence-electron chi connectivity index (χ4n) is 3.08. The predicted molar refractivity (Wildman–Crippen MR) is 131 cm³/mol. The van der Waals surface area contributed by atoms with E-state index in [2.05, 4.69) is 26.6 Å². The number of pyridine rings is 1. The van der Waals surface area contributed by atoms with Crippen molar-refractivity contribution in [3.8, 4) is 11.8 Å². The SMILES string of the molecule is Cc1c(C#N)c(NCCCOCCOc2ccccc2)nc(N)c1N=Nc1ccc([N+](=O)[O-])cc1. The number of aromatic nitrogens is 1. The third kappa shape index (κ3) is 7.21. The first-order valence-electron chi connectivity index (χ1n) is 10.9. The first kappa shape index (κ1) is 25.1. The molecular weight excluding hydrogens is 450 g/mol. The van der Waals surface area contributed by atoms with E-state index < -0.39 is 4.92 Å². The van der Waals surface area contributed by atoms with E-state index in [9.17, 15) is 15.4 Å². The molecule has 0 fully saturated rings. The standard InChI is InChI=1S/C24H25N7O4/c1-17-21(16-25)24(27-12-5-13-34-14-15-35-20-6-3-2-4-7-20)28-23(26)22(17)30-29-18-8-10-19(11-9-18)31(32)33/h2-4,6-11H,5,12-15H2,1H3,(H3,26,27,28). The fraction of sp³-hybridized carbons (Fsp3) is 0.250. The molecule has 0 saturated carbocycles. The maximum atomic E-state index is 10.8. The van der Waals surface area contributed by atoms with Gasteiger partial charge in [-0.15, -0.1) is 5.11 Å². The van der Waals surface area contributed by atoms with Gasteiger partial charge in [0.25, 0.3) is 5.69 Å². The first-order valence-corrected chi connectivity index (χ1v) is 10.9. The van der Waals surface area contributed by atoms with E-state index in [0.29, 0.717) is 55.4 Å². The van der Waals surface area contributed by atoms with Crippen LogP contribution < -0.4 is 15.8 Å². The highest BCUT2D eigenvalue weighted by Crippen LogP contribution is 2.33. The Morgan fingerprint density at radius 2 is 1.86 bits per heavy atom. The summed E-state index contributed by atoms with van der Waals surface area (Å²) in [5.74, 6) is 1.28. The lowest BCUT2D eigenvalue weighted by Gasteiger charge is -2.12. The summed E-state index contributed by atoms with van der Waals surface area (Å²) in [6.07, 6.45) is 0.693. The molecule has 0 aliphatic carbocycles. The Hall–Kier alpha value is -4.56. The van der Waals surface area contributed by atoms with Gasteiger partial charge in [-0.3, -0.25) is 10.1 Å². The van der Waals surface area contributed by atoms with Gasteiger partial charge in [0.1, 0.15) is 29.9 Å². The first-order chi connectivity index (χ1) is 17.0. The van der Waals surface area contributed by atoms with Crippen LogP contribution in [-0.2, 0) is 4.74 Å². The number of hydrogen-bond donors (Lipinski definition) is 2. The van der Waals surface area contributed by atoms with Crippen molar-refractivity contribution in [2.24, 2.45) is 10.2 Å². The van der Waals surface area contributed by atoms with Crippen molar-refractivity contribution in [3.63, 3.8) is 0 Å². The molecule has 0 atom stereocenters. The monoisotopic (exact) mass is 475 g/mol. The lowest BCUT2D eigenvalue weighted by molar-refractivity contribution is -0.384. The average Bonchev–Trinajstić information content (AvgIpc) is 2.86. The van der Waals surface area contributed by atoms with Crippen molar-refractivity contribution < 1.29 is 14.4 Å². The number of nitrogens with one attached hydrogen (secondary N) is 1. The van der Waals surface area contributed by atoms with Gasteiger partial charge in [0.05, 0.1) is 22.8 Å². The van der Waals surface area contributed by atoms with E-state index in [0.717, 1.165) is 5.75 Å². The Kier molecular flexibility index (Phi) is 9.04. The van der Waals surface area contributed by atoms with Crippen LogP contribution in [0.1, 0.15) is 17.5 Å². The predicted octanol–water partition coefficient (Wildman–Crippen LogP) is 5.07. The molecule has 0 amide bonds. The number of benzene rings is 2. The number of hydrogen-bond acceptors (Lipinski definition) is 10. The normalized spacial score (nSPS) is 10.7. The molecule has 11 nitrogen and oxygen atoms in total. The molecule has 0 unspecified atom stereocenters.